The van der Waals surface area contributed by atoms with Crippen LogP contribution in [0.2, 0.25) is 0 Å². The summed E-state index contributed by atoms with van der Waals surface area (Å²) < 4.78 is 5.74. The zero-order valence-electron chi connectivity index (χ0n) is 9.99. The molecule has 3 heteroatoms. The number of fused-ring (bicyclic) bond motifs is 1. The minimum atomic E-state index is -0.667. The van der Waals surface area contributed by atoms with E-state index in [-0.39, 0.29) is 6.10 Å². The summed E-state index contributed by atoms with van der Waals surface area (Å²) in [6.07, 6.45) is 3.34. The van der Waals surface area contributed by atoms with Gasteiger partial charge >= 0.3 is 0 Å². The molecule has 0 amide bonds. The summed E-state index contributed by atoms with van der Waals surface area (Å²) >= 11 is 0. The number of nitrogens with zero attached hydrogens (tertiary/aromatic N) is 1. The zero-order valence-corrected chi connectivity index (χ0v) is 9.99. The molecule has 18 heavy (non-hydrogen) atoms. The Morgan fingerprint density at radius 3 is 2.94 bits per heavy atom. The molecule has 1 aromatic heterocycles. The Morgan fingerprint density at radius 1 is 1.22 bits per heavy atom. The van der Waals surface area contributed by atoms with E-state index < -0.39 is 6.10 Å². The molecule has 2 atom stereocenters. The van der Waals surface area contributed by atoms with Crippen LogP contribution in [-0.4, -0.2) is 16.7 Å². The van der Waals surface area contributed by atoms with Gasteiger partial charge in [-0.15, -0.1) is 0 Å². The Hall–Kier alpha value is -1.71. The van der Waals surface area contributed by atoms with E-state index in [0.717, 1.165) is 17.5 Å². The Bertz CT molecular complexity index is 527. The fourth-order valence-electron chi connectivity index (χ4n) is 2.41. The molecule has 92 valence electrons. The van der Waals surface area contributed by atoms with Gasteiger partial charge in [0.2, 0.25) is 0 Å². The first-order valence-electron chi connectivity index (χ1n) is 6.13. The maximum absolute atomic E-state index is 10.4. The smallest absolute Gasteiger partial charge is 0.113 e. The standard InChI is InChI=1S/C15H15NO2/c17-14(12-5-3-8-16-10-12)15-13-6-2-1-4-11(13)7-9-18-15/h1-6,8,10,14-15,17H,7,9H2. The first-order chi connectivity index (χ1) is 8.86. The van der Waals surface area contributed by atoms with Crippen LogP contribution in [0.3, 0.4) is 0 Å². The molecule has 0 fully saturated rings. The molecule has 3 rings (SSSR count). The van der Waals surface area contributed by atoms with Gasteiger partial charge in [-0.2, -0.15) is 0 Å². The number of hydrogen-bond acceptors (Lipinski definition) is 3. The van der Waals surface area contributed by atoms with Crippen molar-refractivity contribution in [2.45, 2.75) is 18.6 Å². The van der Waals surface area contributed by atoms with Crippen LogP contribution in [0, 0.1) is 0 Å². The van der Waals surface area contributed by atoms with Gasteiger partial charge in [0.25, 0.3) is 0 Å². The van der Waals surface area contributed by atoms with Crippen molar-refractivity contribution in [2.75, 3.05) is 6.61 Å². The van der Waals surface area contributed by atoms with Gasteiger partial charge in [-0.05, 0) is 23.6 Å². The van der Waals surface area contributed by atoms with E-state index in [4.69, 9.17) is 4.74 Å². The van der Waals surface area contributed by atoms with Gasteiger partial charge in [0.1, 0.15) is 12.2 Å². The third-order valence-electron chi connectivity index (χ3n) is 3.34. The van der Waals surface area contributed by atoms with Crippen molar-refractivity contribution in [3.63, 3.8) is 0 Å². The SMILES string of the molecule is OC(c1cccnc1)C1OCCc2ccccc21. The lowest BCUT2D eigenvalue weighted by atomic mass is 9.92. The number of aromatic nitrogens is 1. The molecule has 0 bridgehead atoms. The predicted octanol–water partition coefficient (Wildman–Crippen LogP) is 2.43. The molecule has 2 heterocycles. The molecule has 3 nitrogen and oxygen atoms in total. The highest BCUT2D eigenvalue weighted by Gasteiger charge is 2.28. The van der Waals surface area contributed by atoms with E-state index >= 15 is 0 Å². The lowest BCUT2D eigenvalue weighted by Crippen LogP contribution is -2.22. The average molecular weight is 241 g/mol. The number of ether oxygens (including phenoxy) is 1. The lowest BCUT2D eigenvalue weighted by molar-refractivity contribution is -0.0484. The Labute approximate surface area is 106 Å². The van der Waals surface area contributed by atoms with Crippen LogP contribution < -0.4 is 0 Å². The second-order valence-electron chi connectivity index (χ2n) is 4.47. The van der Waals surface area contributed by atoms with E-state index in [2.05, 4.69) is 11.1 Å². The quantitative estimate of drug-likeness (QED) is 0.878. The summed E-state index contributed by atoms with van der Waals surface area (Å²) in [5.41, 5.74) is 3.14. The van der Waals surface area contributed by atoms with Crippen molar-refractivity contribution < 1.29 is 9.84 Å². The fourth-order valence-corrected chi connectivity index (χ4v) is 2.41. The molecular weight excluding hydrogens is 226 g/mol. The molecule has 1 aliphatic heterocycles. The van der Waals surface area contributed by atoms with Gasteiger partial charge in [-0.3, -0.25) is 4.98 Å². The van der Waals surface area contributed by atoms with E-state index in [0.29, 0.717) is 6.61 Å². The third kappa shape index (κ3) is 2.03. The predicted molar refractivity (Wildman–Crippen MR) is 68.0 cm³/mol. The van der Waals surface area contributed by atoms with Crippen molar-refractivity contribution in [1.82, 2.24) is 4.98 Å². The number of benzene rings is 1. The maximum Gasteiger partial charge on any atom is 0.113 e. The van der Waals surface area contributed by atoms with E-state index in [1.54, 1.807) is 12.4 Å². The van der Waals surface area contributed by atoms with Crippen LogP contribution in [0.1, 0.15) is 28.9 Å². The second kappa shape index (κ2) is 4.88. The third-order valence-corrected chi connectivity index (χ3v) is 3.34. The number of aliphatic hydroxyl groups is 1. The summed E-state index contributed by atoms with van der Waals surface area (Å²) in [6, 6.07) is 11.8. The van der Waals surface area contributed by atoms with Gasteiger partial charge in [0.15, 0.2) is 0 Å². The summed E-state index contributed by atoms with van der Waals surface area (Å²) in [5.74, 6) is 0. The zero-order chi connectivity index (χ0) is 12.4. The molecule has 1 aliphatic rings. The summed E-state index contributed by atoms with van der Waals surface area (Å²) in [6.45, 7) is 0.652. The summed E-state index contributed by atoms with van der Waals surface area (Å²) in [5, 5.41) is 10.4. The minimum Gasteiger partial charge on any atom is -0.385 e. The van der Waals surface area contributed by atoms with Crippen LogP contribution in [0.25, 0.3) is 0 Å². The van der Waals surface area contributed by atoms with Gasteiger partial charge in [-0.25, -0.2) is 0 Å². The molecule has 2 aromatic rings. The minimum absolute atomic E-state index is 0.292. The second-order valence-corrected chi connectivity index (χ2v) is 4.47. The van der Waals surface area contributed by atoms with Crippen LogP contribution in [0.4, 0.5) is 0 Å². The Morgan fingerprint density at radius 2 is 2.11 bits per heavy atom. The highest BCUT2D eigenvalue weighted by Crippen LogP contribution is 2.36. The number of aliphatic hydroxyl groups excluding tert-OH is 1. The highest BCUT2D eigenvalue weighted by molar-refractivity contribution is 5.33. The summed E-state index contributed by atoms with van der Waals surface area (Å²) in [4.78, 5) is 4.04. The van der Waals surface area contributed by atoms with Crippen LogP contribution >= 0.6 is 0 Å². The number of pyridine rings is 1. The topological polar surface area (TPSA) is 42.4 Å². The molecule has 0 radical (unpaired) electrons. The van der Waals surface area contributed by atoms with Gasteiger partial charge in [-0.1, -0.05) is 30.3 Å². The summed E-state index contributed by atoms with van der Waals surface area (Å²) in [7, 11) is 0. The van der Waals surface area contributed by atoms with Gasteiger partial charge in [0, 0.05) is 18.0 Å². The van der Waals surface area contributed by atoms with Crippen LogP contribution in [-0.2, 0) is 11.2 Å². The molecule has 2 unspecified atom stereocenters. The number of hydrogen-bond donors (Lipinski definition) is 1. The van der Waals surface area contributed by atoms with Crippen LogP contribution in [0.15, 0.2) is 48.8 Å². The molecule has 0 saturated carbocycles. The van der Waals surface area contributed by atoms with E-state index in [1.807, 2.05) is 30.3 Å². The van der Waals surface area contributed by atoms with E-state index in [9.17, 15) is 5.11 Å². The molecule has 0 spiro atoms. The molecule has 0 aliphatic carbocycles. The van der Waals surface area contributed by atoms with Gasteiger partial charge < -0.3 is 9.84 Å². The first-order valence-corrected chi connectivity index (χ1v) is 6.13. The molecule has 1 N–H and O–H groups in total. The monoisotopic (exact) mass is 241 g/mol. The Balaban J connectivity index is 1.94. The number of rotatable bonds is 2. The lowest BCUT2D eigenvalue weighted by Gasteiger charge is -2.29. The molecule has 1 aromatic carbocycles. The first kappa shape index (κ1) is 11.4. The average Bonchev–Trinajstić information content (AvgIpc) is 2.47. The van der Waals surface area contributed by atoms with Crippen molar-refractivity contribution in [1.29, 1.82) is 0 Å². The van der Waals surface area contributed by atoms with Crippen molar-refractivity contribution in [2.24, 2.45) is 0 Å². The molecular formula is C15H15NO2. The van der Waals surface area contributed by atoms with Crippen LogP contribution in [0.5, 0.6) is 0 Å². The van der Waals surface area contributed by atoms with E-state index in [1.165, 1.54) is 5.56 Å². The fraction of sp³-hybridized carbons (Fsp3) is 0.267. The maximum atomic E-state index is 10.4. The Kier molecular flexibility index (Phi) is 3.09. The largest absolute Gasteiger partial charge is 0.385 e. The van der Waals surface area contributed by atoms with Crippen molar-refractivity contribution >= 4 is 0 Å². The normalized spacial score (nSPS) is 20.2. The highest BCUT2D eigenvalue weighted by atomic mass is 16.5. The van der Waals surface area contributed by atoms with Gasteiger partial charge in [0.05, 0.1) is 6.61 Å². The molecule has 0 saturated heterocycles. The van der Waals surface area contributed by atoms with Crippen molar-refractivity contribution in [3.05, 3.63) is 65.5 Å². The van der Waals surface area contributed by atoms with Crippen molar-refractivity contribution in [3.8, 4) is 0 Å².